The van der Waals surface area contributed by atoms with Gasteiger partial charge in [0.05, 0.1) is 17.9 Å². The number of anilines is 1. The molecule has 0 radical (unpaired) electrons. The second kappa shape index (κ2) is 9.22. The highest BCUT2D eigenvalue weighted by atomic mass is 16.8. The first-order chi connectivity index (χ1) is 14.0. The summed E-state index contributed by atoms with van der Waals surface area (Å²) in [6.07, 6.45) is 4.53. The van der Waals surface area contributed by atoms with Crippen LogP contribution >= 0.6 is 0 Å². The van der Waals surface area contributed by atoms with Gasteiger partial charge in [0.1, 0.15) is 11.5 Å². The van der Waals surface area contributed by atoms with Gasteiger partial charge in [-0.05, 0) is 54.5 Å². The molecule has 0 spiro atoms. The molecule has 1 aliphatic rings. The number of carbonyl (C=O) groups is 1. The van der Waals surface area contributed by atoms with Gasteiger partial charge in [-0.2, -0.15) is 0 Å². The van der Waals surface area contributed by atoms with Crippen LogP contribution in [-0.2, 0) is 9.63 Å². The first-order valence-corrected chi connectivity index (χ1v) is 9.23. The maximum Gasteiger partial charge on any atom is 0.368 e. The maximum atomic E-state index is 12.1. The molecular weight excluding hydrogens is 376 g/mol. The van der Waals surface area contributed by atoms with E-state index < -0.39 is 11.7 Å². The van der Waals surface area contributed by atoms with Crippen LogP contribution in [0.5, 0.6) is 11.5 Å². The molecule has 2 N–H and O–H groups in total. The molecule has 0 amide bonds. The lowest BCUT2D eigenvalue weighted by Gasteiger charge is -2.15. The van der Waals surface area contributed by atoms with E-state index in [0.717, 1.165) is 19.3 Å². The van der Waals surface area contributed by atoms with Crippen LogP contribution in [0.3, 0.4) is 0 Å². The largest absolute Gasteiger partial charge is 0.872 e. The van der Waals surface area contributed by atoms with Gasteiger partial charge in [0, 0.05) is 5.56 Å². The molecule has 29 heavy (non-hydrogen) atoms. The number of rotatable bonds is 8. The fourth-order valence-electron chi connectivity index (χ4n) is 2.80. The van der Waals surface area contributed by atoms with Gasteiger partial charge in [0.2, 0.25) is 0 Å². The monoisotopic (exact) mass is 397 g/mol. The van der Waals surface area contributed by atoms with Crippen LogP contribution in [0.25, 0.3) is 6.08 Å². The van der Waals surface area contributed by atoms with Gasteiger partial charge in [-0.3, -0.25) is 10.4 Å². The lowest BCUT2D eigenvalue weighted by atomic mass is 10.00. The van der Waals surface area contributed by atoms with Crippen molar-refractivity contribution in [2.45, 2.75) is 26.2 Å². The van der Waals surface area contributed by atoms with Crippen LogP contribution in [0.4, 0.5) is 5.69 Å². The Bertz CT molecular complexity index is 935. The smallest absolute Gasteiger partial charge is 0.368 e. The molecular formula is C21H21N2O6-. The summed E-state index contributed by atoms with van der Waals surface area (Å²) in [4.78, 5) is 16.9. The SMILES string of the molecule is CCCCCOc1ccc(C2=NOC(=O)C2=Cc2cc(N(O)O)ccc2[O-])cc1. The normalized spacial score (nSPS) is 14.7. The zero-order chi connectivity index (χ0) is 20.8. The average Bonchev–Trinajstić information content (AvgIpc) is 3.07. The number of nitrogens with zero attached hydrogens (tertiary/aromatic N) is 2. The summed E-state index contributed by atoms with van der Waals surface area (Å²) >= 11 is 0. The molecule has 0 aliphatic carbocycles. The molecule has 0 aromatic heterocycles. The van der Waals surface area contributed by atoms with Crippen molar-refractivity contribution in [3.8, 4) is 11.5 Å². The summed E-state index contributed by atoms with van der Waals surface area (Å²) in [5.41, 5.74) is 1.07. The number of hydrogen-bond acceptors (Lipinski definition) is 8. The van der Waals surface area contributed by atoms with E-state index in [1.165, 1.54) is 24.3 Å². The average molecular weight is 397 g/mol. The Balaban J connectivity index is 1.82. The van der Waals surface area contributed by atoms with Gasteiger partial charge < -0.3 is 14.7 Å². The van der Waals surface area contributed by atoms with Crippen LogP contribution in [0, 0.1) is 0 Å². The minimum Gasteiger partial charge on any atom is -0.872 e. The second-order valence-corrected chi connectivity index (χ2v) is 6.47. The Kier molecular flexibility index (Phi) is 6.48. The van der Waals surface area contributed by atoms with Gasteiger partial charge in [-0.25, -0.2) is 4.79 Å². The van der Waals surface area contributed by atoms with Crippen molar-refractivity contribution in [2.75, 3.05) is 11.8 Å². The molecule has 8 heteroatoms. The molecule has 2 aromatic carbocycles. The Morgan fingerprint density at radius 1 is 1.17 bits per heavy atom. The van der Waals surface area contributed by atoms with Crippen LogP contribution in [0.1, 0.15) is 37.3 Å². The highest BCUT2D eigenvalue weighted by molar-refractivity contribution is 6.31. The van der Waals surface area contributed by atoms with Crippen molar-refractivity contribution < 1.29 is 29.9 Å². The summed E-state index contributed by atoms with van der Waals surface area (Å²) in [5.74, 6) is -0.380. The first kappa shape index (κ1) is 20.4. The topological polar surface area (TPSA) is 115 Å². The van der Waals surface area contributed by atoms with Crippen LogP contribution < -0.4 is 15.1 Å². The van der Waals surface area contributed by atoms with E-state index in [2.05, 4.69) is 12.1 Å². The Labute approximate surface area is 167 Å². The second-order valence-electron chi connectivity index (χ2n) is 6.47. The fraction of sp³-hybridized carbons (Fsp3) is 0.238. The van der Waals surface area contributed by atoms with Crippen molar-refractivity contribution in [1.29, 1.82) is 0 Å². The number of unbranched alkanes of at least 4 members (excludes halogenated alkanes) is 2. The van der Waals surface area contributed by atoms with Gasteiger partial charge in [0.25, 0.3) is 0 Å². The van der Waals surface area contributed by atoms with E-state index >= 15 is 0 Å². The Morgan fingerprint density at radius 3 is 2.62 bits per heavy atom. The third-order valence-electron chi connectivity index (χ3n) is 4.36. The van der Waals surface area contributed by atoms with Gasteiger partial charge in [0.15, 0.2) is 0 Å². The molecule has 8 nitrogen and oxygen atoms in total. The highest BCUT2D eigenvalue weighted by Gasteiger charge is 2.27. The number of ether oxygens (including phenoxy) is 1. The molecule has 0 saturated heterocycles. The van der Waals surface area contributed by atoms with Gasteiger partial charge in [-0.15, -0.1) is 11.0 Å². The van der Waals surface area contributed by atoms with Crippen molar-refractivity contribution in [3.63, 3.8) is 0 Å². The maximum absolute atomic E-state index is 12.1. The van der Waals surface area contributed by atoms with E-state index in [4.69, 9.17) is 20.0 Å². The quantitative estimate of drug-likeness (QED) is 0.304. The number of hydrogen-bond donors (Lipinski definition) is 2. The van der Waals surface area contributed by atoms with Crippen molar-refractivity contribution in [2.24, 2.45) is 5.16 Å². The minimum absolute atomic E-state index is 0.0223. The third kappa shape index (κ3) is 4.92. The van der Waals surface area contributed by atoms with Gasteiger partial charge in [-0.1, -0.05) is 31.0 Å². The highest BCUT2D eigenvalue weighted by Crippen LogP contribution is 2.27. The van der Waals surface area contributed by atoms with Crippen LogP contribution in [-0.4, -0.2) is 28.7 Å². The first-order valence-electron chi connectivity index (χ1n) is 9.23. The molecule has 1 heterocycles. The number of benzene rings is 2. The van der Waals surface area contributed by atoms with Gasteiger partial charge >= 0.3 is 5.97 Å². The molecule has 0 bridgehead atoms. The summed E-state index contributed by atoms with van der Waals surface area (Å²) in [6.45, 7) is 2.76. The lowest BCUT2D eigenvalue weighted by molar-refractivity contribution is -0.268. The van der Waals surface area contributed by atoms with E-state index in [1.54, 1.807) is 24.3 Å². The van der Waals surface area contributed by atoms with Crippen LogP contribution in [0.15, 0.2) is 53.2 Å². The molecule has 0 saturated carbocycles. The summed E-state index contributed by atoms with van der Waals surface area (Å²) in [6, 6.07) is 10.7. The van der Waals surface area contributed by atoms with E-state index in [0.29, 0.717) is 17.9 Å². The van der Waals surface area contributed by atoms with Crippen LogP contribution in [0.2, 0.25) is 0 Å². The van der Waals surface area contributed by atoms with Crippen molar-refractivity contribution >= 4 is 23.4 Å². The fourth-order valence-corrected chi connectivity index (χ4v) is 2.80. The predicted octanol–water partition coefficient (Wildman–Crippen LogP) is 3.26. The minimum atomic E-state index is -0.699. The molecule has 1 aliphatic heterocycles. The molecule has 0 atom stereocenters. The standard InChI is InChI=1S/C21H22N2O6/c1-2-3-4-11-28-17-8-5-14(6-9-17)20-18(21(25)29-22-20)13-15-12-16(23(26)27)7-10-19(15)24/h5-10,12-13,24,26-27H,2-4,11H2,1H3/p-1. The predicted molar refractivity (Wildman–Crippen MR) is 104 cm³/mol. The van der Waals surface area contributed by atoms with E-state index in [-0.39, 0.29) is 27.8 Å². The summed E-state index contributed by atoms with van der Waals surface area (Å²) < 4.78 is 5.67. The Hall–Kier alpha value is -3.36. The summed E-state index contributed by atoms with van der Waals surface area (Å²) in [5, 5.41) is 34.1. The van der Waals surface area contributed by atoms with Crippen molar-refractivity contribution in [1.82, 2.24) is 0 Å². The molecule has 0 unspecified atom stereocenters. The summed E-state index contributed by atoms with van der Waals surface area (Å²) in [7, 11) is 0. The molecule has 3 rings (SSSR count). The molecule has 0 fully saturated rings. The number of oxime groups is 1. The van der Waals surface area contributed by atoms with E-state index in [9.17, 15) is 9.90 Å². The van der Waals surface area contributed by atoms with E-state index in [1.807, 2.05) is 0 Å². The number of carbonyl (C=O) groups excluding carboxylic acids is 1. The zero-order valence-electron chi connectivity index (χ0n) is 15.9. The Morgan fingerprint density at radius 2 is 1.93 bits per heavy atom. The van der Waals surface area contributed by atoms with Crippen molar-refractivity contribution in [3.05, 3.63) is 59.2 Å². The molecule has 2 aromatic rings. The molecule has 152 valence electrons. The lowest BCUT2D eigenvalue weighted by Crippen LogP contribution is -2.12. The zero-order valence-corrected chi connectivity index (χ0v) is 15.9. The third-order valence-corrected chi connectivity index (χ3v) is 4.36.